The summed E-state index contributed by atoms with van der Waals surface area (Å²) in [6.07, 6.45) is 1.11. The molecule has 35 heavy (non-hydrogen) atoms. The van der Waals surface area contributed by atoms with Crippen LogP contribution in [-0.4, -0.2) is 64.0 Å². The van der Waals surface area contributed by atoms with Crippen LogP contribution in [0.15, 0.2) is 55.1 Å². The van der Waals surface area contributed by atoms with Crippen LogP contribution in [0.5, 0.6) is 0 Å². The summed E-state index contributed by atoms with van der Waals surface area (Å²) < 4.78 is 40.2. The van der Waals surface area contributed by atoms with Gasteiger partial charge in [-0.15, -0.1) is 0 Å². The second kappa shape index (κ2) is 10.2. The Morgan fingerprint density at radius 1 is 1.26 bits per heavy atom. The molecule has 0 bridgehead atoms. The van der Waals surface area contributed by atoms with E-state index in [9.17, 15) is 22.8 Å². The van der Waals surface area contributed by atoms with E-state index in [2.05, 4.69) is 15.6 Å². The van der Waals surface area contributed by atoms with Crippen LogP contribution in [0.1, 0.15) is 35.2 Å². The molecule has 1 aromatic carbocycles. The zero-order valence-corrected chi connectivity index (χ0v) is 19.7. The van der Waals surface area contributed by atoms with Gasteiger partial charge in [-0.25, -0.2) is 4.98 Å². The summed E-state index contributed by atoms with van der Waals surface area (Å²) in [7, 11) is 0. The zero-order chi connectivity index (χ0) is 25.2. The first-order valence-electron chi connectivity index (χ1n) is 11.2. The molecule has 1 saturated heterocycles. The number of aromatic nitrogens is 2. The molecule has 3 heterocycles. The van der Waals surface area contributed by atoms with E-state index in [1.807, 2.05) is 6.07 Å². The minimum absolute atomic E-state index is 0.160. The summed E-state index contributed by atoms with van der Waals surface area (Å²) in [6, 6.07) is 8.40. The molecule has 3 aromatic rings. The Balaban J connectivity index is 1.53. The number of carbonyl (C=O) groups is 2. The standard InChI is InChI=1S/C24H25ClF3N5O2/c1-15(24(26,27)28)30-12-22(34)31-20-13-32(9-7-18(20)16-4-2-5-17(25)10-16)23(35)19-6-3-8-33-14-29-11-21(19)33/h2-6,8,10-11,14-15,18,20,30H,7,9,12-13H2,1H3,(H,31,34)/t15?,18-,20+/m0/s1. The Bertz CT molecular complexity index is 1220. The molecule has 1 aliphatic heterocycles. The van der Waals surface area contributed by atoms with E-state index in [1.54, 1.807) is 58.4 Å². The van der Waals surface area contributed by atoms with Crippen molar-refractivity contribution in [3.63, 3.8) is 0 Å². The second-order valence-corrected chi connectivity index (χ2v) is 9.06. The zero-order valence-electron chi connectivity index (χ0n) is 18.9. The first kappa shape index (κ1) is 25.0. The van der Waals surface area contributed by atoms with E-state index in [4.69, 9.17) is 11.6 Å². The van der Waals surface area contributed by atoms with Crippen LogP contribution in [-0.2, 0) is 4.79 Å². The van der Waals surface area contributed by atoms with Crippen molar-refractivity contribution < 1.29 is 22.8 Å². The van der Waals surface area contributed by atoms with Crippen molar-refractivity contribution in [1.82, 2.24) is 24.9 Å². The molecule has 3 atom stereocenters. The molecule has 2 aromatic heterocycles. The maximum atomic E-state index is 13.4. The molecule has 186 valence electrons. The van der Waals surface area contributed by atoms with Gasteiger partial charge in [0, 0.05) is 30.2 Å². The summed E-state index contributed by atoms with van der Waals surface area (Å²) >= 11 is 6.17. The molecule has 0 spiro atoms. The highest BCUT2D eigenvalue weighted by Gasteiger charge is 2.37. The maximum absolute atomic E-state index is 13.4. The third-order valence-electron chi connectivity index (χ3n) is 6.27. The summed E-state index contributed by atoms with van der Waals surface area (Å²) in [5.41, 5.74) is 2.04. The molecule has 0 saturated carbocycles. The van der Waals surface area contributed by atoms with Gasteiger partial charge in [0.25, 0.3) is 5.91 Å². The van der Waals surface area contributed by atoms with Crippen LogP contribution < -0.4 is 10.6 Å². The van der Waals surface area contributed by atoms with Gasteiger partial charge in [0.15, 0.2) is 0 Å². The van der Waals surface area contributed by atoms with Gasteiger partial charge < -0.3 is 14.6 Å². The van der Waals surface area contributed by atoms with Crippen molar-refractivity contribution in [3.05, 3.63) is 71.3 Å². The Hall–Kier alpha value is -3.11. The van der Waals surface area contributed by atoms with Crippen LogP contribution in [0, 0.1) is 0 Å². The summed E-state index contributed by atoms with van der Waals surface area (Å²) in [5.74, 6) is -0.943. The minimum Gasteiger partial charge on any atom is -0.350 e. The molecule has 2 N–H and O–H groups in total. The van der Waals surface area contributed by atoms with E-state index < -0.39 is 30.7 Å². The monoisotopic (exact) mass is 507 g/mol. The number of pyridine rings is 1. The molecule has 11 heteroatoms. The van der Waals surface area contributed by atoms with Crippen molar-refractivity contribution in [2.24, 2.45) is 0 Å². The van der Waals surface area contributed by atoms with Crippen LogP contribution in [0.2, 0.25) is 5.02 Å². The van der Waals surface area contributed by atoms with Crippen molar-refractivity contribution >= 4 is 28.9 Å². The smallest absolute Gasteiger partial charge is 0.350 e. The third-order valence-corrected chi connectivity index (χ3v) is 6.50. The molecule has 7 nitrogen and oxygen atoms in total. The van der Waals surface area contributed by atoms with Crippen LogP contribution in [0.25, 0.3) is 5.52 Å². The summed E-state index contributed by atoms with van der Waals surface area (Å²) in [5, 5.41) is 5.58. The minimum atomic E-state index is -4.45. The molecule has 4 rings (SSSR count). The number of piperidine rings is 1. The number of likely N-dealkylation sites (tertiary alicyclic amines) is 1. The van der Waals surface area contributed by atoms with E-state index >= 15 is 0 Å². The van der Waals surface area contributed by atoms with Gasteiger partial charge in [-0.2, -0.15) is 13.2 Å². The lowest BCUT2D eigenvalue weighted by Crippen LogP contribution is -2.55. The lowest BCUT2D eigenvalue weighted by molar-refractivity contribution is -0.152. The highest BCUT2D eigenvalue weighted by atomic mass is 35.5. The Labute approximate surface area is 205 Å². The molecule has 2 amide bonds. The summed E-state index contributed by atoms with van der Waals surface area (Å²) in [4.78, 5) is 31.7. The Kier molecular flexibility index (Phi) is 7.32. The molecule has 1 unspecified atom stereocenters. The SMILES string of the molecule is CC(NCC(=O)N[C@@H]1CN(C(=O)c2cccn3cncc23)CC[C@H]1c1cccc(Cl)c1)C(F)(F)F. The van der Waals surface area contributed by atoms with E-state index in [-0.39, 0.29) is 18.4 Å². The number of rotatable bonds is 6. The fraction of sp³-hybridized carbons (Fsp3) is 0.375. The quantitative estimate of drug-likeness (QED) is 0.534. The number of nitrogens with one attached hydrogen (secondary N) is 2. The molecule has 0 aliphatic carbocycles. The molecule has 1 aliphatic rings. The van der Waals surface area contributed by atoms with Gasteiger partial charge in [0.05, 0.1) is 36.2 Å². The largest absolute Gasteiger partial charge is 0.403 e. The number of halogens is 4. The molecular weight excluding hydrogens is 483 g/mol. The number of amides is 2. The third kappa shape index (κ3) is 5.76. The number of hydrogen-bond donors (Lipinski definition) is 2. The average Bonchev–Trinajstić information content (AvgIpc) is 3.30. The van der Waals surface area contributed by atoms with Crippen LogP contribution in [0.4, 0.5) is 13.2 Å². The van der Waals surface area contributed by atoms with Gasteiger partial charge in [0.2, 0.25) is 5.91 Å². The number of carbonyl (C=O) groups excluding carboxylic acids is 2. The molecular formula is C24H25ClF3N5O2. The van der Waals surface area contributed by atoms with E-state index in [1.165, 1.54) is 0 Å². The van der Waals surface area contributed by atoms with Gasteiger partial charge >= 0.3 is 6.18 Å². The first-order chi connectivity index (χ1) is 16.6. The maximum Gasteiger partial charge on any atom is 0.403 e. The predicted octanol–water partition coefficient (Wildman–Crippen LogP) is 3.64. The lowest BCUT2D eigenvalue weighted by atomic mass is 9.85. The van der Waals surface area contributed by atoms with Crippen molar-refractivity contribution in [2.75, 3.05) is 19.6 Å². The van der Waals surface area contributed by atoms with Crippen molar-refractivity contribution in [3.8, 4) is 0 Å². The normalized spacial score (nSPS) is 19.5. The van der Waals surface area contributed by atoms with Crippen molar-refractivity contribution in [2.45, 2.75) is 37.5 Å². The highest BCUT2D eigenvalue weighted by Crippen LogP contribution is 2.31. The fourth-order valence-electron chi connectivity index (χ4n) is 4.34. The van der Waals surface area contributed by atoms with Gasteiger partial charge in [-0.05, 0) is 43.2 Å². The van der Waals surface area contributed by atoms with Crippen LogP contribution >= 0.6 is 11.6 Å². The summed E-state index contributed by atoms with van der Waals surface area (Å²) in [6.45, 7) is 1.11. The number of alkyl halides is 3. The predicted molar refractivity (Wildman–Crippen MR) is 125 cm³/mol. The number of benzene rings is 1. The first-order valence-corrected chi connectivity index (χ1v) is 11.6. The molecule has 1 fully saturated rings. The van der Waals surface area contributed by atoms with Gasteiger partial charge in [0.1, 0.15) is 6.04 Å². The number of imidazole rings is 1. The Morgan fingerprint density at radius 3 is 2.80 bits per heavy atom. The van der Waals surface area contributed by atoms with Gasteiger partial charge in [-0.1, -0.05) is 23.7 Å². The highest BCUT2D eigenvalue weighted by molar-refractivity contribution is 6.30. The fourth-order valence-corrected chi connectivity index (χ4v) is 4.54. The number of hydrogen-bond acceptors (Lipinski definition) is 4. The Morgan fingerprint density at radius 2 is 2.06 bits per heavy atom. The van der Waals surface area contributed by atoms with Gasteiger partial charge in [-0.3, -0.25) is 14.9 Å². The van der Waals surface area contributed by atoms with Crippen LogP contribution in [0.3, 0.4) is 0 Å². The van der Waals surface area contributed by atoms with E-state index in [0.717, 1.165) is 12.5 Å². The number of nitrogens with zero attached hydrogens (tertiary/aromatic N) is 3. The number of fused-ring (bicyclic) bond motifs is 1. The molecule has 0 radical (unpaired) electrons. The second-order valence-electron chi connectivity index (χ2n) is 8.63. The van der Waals surface area contributed by atoms with E-state index in [0.29, 0.717) is 29.1 Å². The average molecular weight is 508 g/mol. The lowest BCUT2D eigenvalue weighted by Gasteiger charge is -2.39. The van der Waals surface area contributed by atoms with Crippen molar-refractivity contribution in [1.29, 1.82) is 0 Å². The topological polar surface area (TPSA) is 78.7 Å².